The molecule has 2 heterocycles. The molecule has 2 aliphatic heterocycles. The maximum absolute atomic E-state index is 11.4. The molecule has 0 aromatic heterocycles. The number of nitro benzene ring substituents is 1. The molecule has 0 bridgehead atoms. The maximum Gasteiger partial charge on any atom is 0.292 e. The van der Waals surface area contributed by atoms with Crippen LogP contribution >= 0.6 is 0 Å². The van der Waals surface area contributed by atoms with Gasteiger partial charge in [0, 0.05) is 57.6 Å². The van der Waals surface area contributed by atoms with E-state index in [4.69, 9.17) is 4.74 Å². The molecule has 1 aromatic rings. The van der Waals surface area contributed by atoms with E-state index >= 15 is 0 Å². The Morgan fingerprint density at radius 2 is 1.88 bits per heavy atom. The number of rotatable bonds is 7. The van der Waals surface area contributed by atoms with Gasteiger partial charge < -0.3 is 19.9 Å². The highest BCUT2D eigenvalue weighted by molar-refractivity contribution is 5.69. The van der Waals surface area contributed by atoms with Gasteiger partial charge in [-0.3, -0.25) is 15.0 Å². The van der Waals surface area contributed by atoms with Crippen molar-refractivity contribution in [2.75, 3.05) is 82.8 Å². The predicted molar refractivity (Wildman–Crippen MR) is 103 cm³/mol. The lowest BCUT2D eigenvalue weighted by atomic mass is 10.2. The number of likely N-dealkylation sites (N-methyl/N-ethyl adjacent to an activating group) is 1. The third kappa shape index (κ3) is 5.06. The Balaban J connectivity index is 1.58. The van der Waals surface area contributed by atoms with E-state index in [1.54, 1.807) is 6.07 Å². The number of morpholine rings is 1. The minimum absolute atomic E-state index is 0.147. The van der Waals surface area contributed by atoms with E-state index in [1.807, 2.05) is 12.1 Å². The lowest BCUT2D eigenvalue weighted by Gasteiger charge is -2.34. The van der Waals surface area contributed by atoms with Crippen molar-refractivity contribution in [3.63, 3.8) is 0 Å². The number of hydrogen-bond acceptors (Lipinski definition) is 7. The molecule has 1 aromatic carbocycles. The molecular formula is C18H29N5O3. The van der Waals surface area contributed by atoms with E-state index in [0.29, 0.717) is 5.69 Å². The van der Waals surface area contributed by atoms with Crippen LogP contribution in [0.2, 0.25) is 0 Å². The van der Waals surface area contributed by atoms with E-state index < -0.39 is 0 Å². The highest BCUT2D eigenvalue weighted by Crippen LogP contribution is 2.30. The SMILES string of the molecule is CN1CCN(c2ccc([N+](=O)[O-])c(NCCCN3CCOCC3)c2)CC1. The molecule has 26 heavy (non-hydrogen) atoms. The lowest BCUT2D eigenvalue weighted by molar-refractivity contribution is -0.383. The molecule has 0 amide bonds. The predicted octanol–water partition coefficient (Wildman–Crippen LogP) is 1.48. The van der Waals surface area contributed by atoms with Crippen LogP contribution in [0.4, 0.5) is 17.1 Å². The first-order valence-corrected chi connectivity index (χ1v) is 9.39. The number of benzene rings is 1. The Hall–Kier alpha value is -1.90. The number of ether oxygens (including phenoxy) is 1. The number of hydrogen-bond donors (Lipinski definition) is 1. The standard InChI is InChI=1S/C18H29N5O3/c1-20-7-9-22(10-8-20)16-3-4-18(23(24)25)17(15-16)19-5-2-6-21-11-13-26-14-12-21/h3-4,15,19H,2,5-14H2,1H3. The molecule has 0 unspecified atom stereocenters. The first-order chi connectivity index (χ1) is 12.6. The van der Waals surface area contributed by atoms with Crippen molar-refractivity contribution in [1.29, 1.82) is 0 Å². The lowest BCUT2D eigenvalue weighted by Crippen LogP contribution is -2.44. The van der Waals surface area contributed by atoms with Crippen LogP contribution in [-0.2, 0) is 4.74 Å². The van der Waals surface area contributed by atoms with Crippen LogP contribution in [0.15, 0.2) is 18.2 Å². The second-order valence-corrected chi connectivity index (χ2v) is 6.98. The van der Waals surface area contributed by atoms with E-state index in [2.05, 4.69) is 27.1 Å². The molecule has 144 valence electrons. The number of piperazine rings is 1. The summed E-state index contributed by atoms with van der Waals surface area (Å²) in [6.07, 6.45) is 0.954. The average molecular weight is 363 g/mol. The van der Waals surface area contributed by atoms with Gasteiger partial charge in [-0.2, -0.15) is 0 Å². The van der Waals surface area contributed by atoms with E-state index in [-0.39, 0.29) is 10.6 Å². The van der Waals surface area contributed by atoms with Gasteiger partial charge in [0.1, 0.15) is 5.69 Å². The van der Waals surface area contributed by atoms with Gasteiger partial charge in [0.05, 0.1) is 18.1 Å². The van der Waals surface area contributed by atoms with Gasteiger partial charge in [0.15, 0.2) is 0 Å². The van der Waals surface area contributed by atoms with Crippen LogP contribution in [0, 0.1) is 10.1 Å². The summed E-state index contributed by atoms with van der Waals surface area (Å²) in [5, 5.41) is 14.6. The van der Waals surface area contributed by atoms with E-state index in [1.165, 1.54) is 0 Å². The fourth-order valence-electron chi connectivity index (χ4n) is 3.44. The molecule has 2 aliphatic rings. The highest BCUT2D eigenvalue weighted by Gasteiger charge is 2.19. The highest BCUT2D eigenvalue weighted by atomic mass is 16.6. The van der Waals surface area contributed by atoms with E-state index in [0.717, 1.165) is 77.7 Å². The third-order valence-electron chi connectivity index (χ3n) is 5.12. The van der Waals surface area contributed by atoms with Crippen LogP contribution < -0.4 is 10.2 Å². The Morgan fingerprint density at radius 1 is 1.15 bits per heavy atom. The topological polar surface area (TPSA) is 74.1 Å². The van der Waals surface area contributed by atoms with Crippen LogP contribution in [0.3, 0.4) is 0 Å². The fraction of sp³-hybridized carbons (Fsp3) is 0.667. The summed E-state index contributed by atoms with van der Waals surface area (Å²) >= 11 is 0. The monoisotopic (exact) mass is 363 g/mol. The third-order valence-corrected chi connectivity index (χ3v) is 5.12. The molecule has 0 saturated carbocycles. The van der Waals surface area contributed by atoms with Gasteiger partial charge in [-0.1, -0.05) is 0 Å². The normalized spacial score (nSPS) is 19.5. The summed E-state index contributed by atoms with van der Waals surface area (Å²) in [4.78, 5) is 18.0. The van der Waals surface area contributed by atoms with E-state index in [9.17, 15) is 10.1 Å². The number of nitrogens with one attached hydrogen (secondary N) is 1. The quantitative estimate of drug-likeness (QED) is 0.447. The summed E-state index contributed by atoms with van der Waals surface area (Å²) in [6, 6.07) is 5.42. The minimum atomic E-state index is -0.307. The van der Waals surface area contributed by atoms with Gasteiger partial charge in [-0.15, -0.1) is 0 Å². The minimum Gasteiger partial charge on any atom is -0.379 e. The number of nitrogens with zero attached hydrogens (tertiary/aromatic N) is 4. The zero-order valence-electron chi connectivity index (χ0n) is 15.5. The van der Waals surface area contributed by atoms with Gasteiger partial charge in [0.2, 0.25) is 0 Å². The first-order valence-electron chi connectivity index (χ1n) is 9.39. The second kappa shape index (κ2) is 9.16. The van der Waals surface area contributed by atoms with Crippen LogP contribution in [-0.4, -0.2) is 87.3 Å². The summed E-state index contributed by atoms with van der Waals surface area (Å²) < 4.78 is 5.35. The van der Waals surface area contributed by atoms with Crippen molar-refractivity contribution in [1.82, 2.24) is 9.80 Å². The summed E-state index contributed by atoms with van der Waals surface area (Å²) in [5.74, 6) is 0. The maximum atomic E-state index is 11.4. The average Bonchev–Trinajstić information content (AvgIpc) is 2.66. The zero-order valence-corrected chi connectivity index (χ0v) is 15.5. The smallest absolute Gasteiger partial charge is 0.292 e. The van der Waals surface area contributed by atoms with Gasteiger partial charge >= 0.3 is 0 Å². The Bertz CT molecular complexity index is 598. The van der Waals surface area contributed by atoms with Crippen LogP contribution in [0.25, 0.3) is 0 Å². The van der Waals surface area contributed by atoms with Crippen LogP contribution in [0.1, 0.15) is 6.42 Å². The number of anilines is 2. The summed E-state index contributed by atoms with van der Waals surface area (Å²) in [7, 11) is 2.12. The second-order valence-electron chi connectivity index (χ2n) is 6.98. The molecule has 3 rings (SSSR count). The van der Waals surface area contributed by atoms with Crippen molar-refractivity contribution < 1.29 is 9.66 Å². The van der Waals surface area contributed by atoms with Crippen LogP contribution in [0.5, 0.6) is 0 Å². The van der Waals surface area contributed by atoms with Crippen molar-refractivity contribution in [2.24, 2.45) is 0 Å². The summed E-state index contributed by atoms with van der Waals surface area (Å²) in [5.41, 5.74) is 1.82. The van der Waals surface area contributed by atoms with Crippen molar-refractivity contribution in [2.45, 2.75) is 6.42 Å². The molecule has 0 spiro atoms. The van der Waals surface area contributed by atoms with Crippen molar-refractivity contribution >= 4 is 17.1 Å². The fourth-order valence-corrected chi connectivity index (χ4v) is 3.44. The van der Waals surface area contributed by atoms with Crippen molar-refractivity contribution in [3.8, 4) is 0 Å². The Kier molecular flexibility index (Phi) is 6.65. The Labute approximate surface area is 154 Å². The van der Waals surface area contributed by atoms with Gasteiger partial charge in [0.25, 0.3) is 5.69 Å². The molecule has 0 radical (unpaired) electrons. The van der Waals surface area contributed by atoms with Gasteiger partial charge in [-0.25, -0.2) is 0 Å². The molecule has 2 saturated heterocycles. The first kappa shape index (κ1) is 18.9. The summed E-state index contributed by atoms with van der Waals surface area (Å²) in [6.45, 7) is 9.18. The Morgan fingerprint density at radius 3 is 2.58 bits per heavy atom. The molecule has 8 heteroatoms. The molecule has 0 aliphatic carbocycles. The molecule has 8 nitrogen and oxygen atoms in total. The molecular weight excluding hydrogens is 334 g/mol. The molecule has 0 atom stereocenters. The number of nitro groups is 1. The van der Waals surface area contributed by atoms with Gasteiger partial charge in [-0.05, 0) is 32.1 Å². The molecule has 2 fully saturated rings. The largest absolute Gasteiger partial charge is 0.379 e. The van der Waals surface area contributed by atoms with Crippen molar-refractivity contribution in [3.05, 3.63) is 28.3 Å². The molecule has 1 N–H and O–H groups in total. The zero-order chi connectivity index (χ0) is 18.4.